The largest absolute Gasteiger partial charge is 0.668 e. The Morgan fingerprint density at radius 3 is 2.11 bits per heavy atom. The van der Waals surface area contributed by atoms with Crippen molar-refractivity contribution < 1.29 is 92.1 Å². The average molecular weight is 876 g/mol. The molecule has 16 heteroatoms. The summed E-state index contributed by atoms with van der Waals surface area (Å²) in [7, 11) is 1.29. The Balaban J connectivity index is 0.00000368. The summed E-state index contributed by atoms with van der Waals surface area (Å²) in [6, 6.07) is 8.36. The predicted molar refractivity (Wildman–Crippen MR) is 155 cm³/mol. The molecule has 1 saturated heterocycles. The normalized spacial score (nSPS) is 16.1. The minimum absolute atomic E-state index is 0. The molecule has 6 amide bonds. The first-order chi connectivity index (χ1) is 20.9. The molecule has 1 aliphatic carbocycles. The number of carbonyl (C=O) groups excluding carboxylic acids is 8. The van der Waals surface area contributed by atoms with Gasteiger partial charge in [-0.05, 0) is 6.07 Å². The number of hydrogen-bond donors (Lipinski definition) is 4. The van der Waals surface area contributed by atoms with Gasteiger partial charge < -0.3 is 31.8 Å². The van der Waals surface area contributed by atoms with Gasteiger partial charge in [-0.1, -0.05) is 43.3 Å². The molecule has 1 fully saturated rings. The van der Waals surface area contributed by atoms with Crippen LogP contribution in [0.1, 0.15) is 58.0 Å². The van der Waals surface area contributed by atoms with Gasteiger partial charge >= 0.3 is 0 Å². The van der Waals surface area contributed by atoms with Crippen LogP contribution in [0.15, 0.2) is 42.5 Å². The van der Waals surface area contributed by atoms with Crippen LogP contribution >= 0.6 is 0 Å². The number of likely N-dealkylation sites (tertiary alicyclic amines) is 1. The number of ketones is 2. The number of benzene rings is 2. The summed E-state index contributed by atoms with van der Waals surface area (Å²) in [6.45, 7) is 1.68. The van der Waals surface area contributed by atoms with Crippen molar-refractivity contribution in [1.29, 1.82) is 0 Å². The van der Waals surface area contributed by atoms with Crippen molar-refractivity contribution in [2.75, 3.05) is 25.5 Å². The van der Waals surface area contributed by atoms with Crippen LogP contribution in [0.5, 0.6) is 0 Å². The standard InChI is InChI=1S/C30H32N6O8.W.Y/c1-15-12-24(39)36(30(15)44)21(14-22(31)37)29(43)35-20(28(42)32-2)13-23(38)34-11-10-33-19-9-5-8-18-25(19)27(41)17-7-4-3-6-16(17)26(18)40;;/h3-9,15,20-21H,10-14H2,1-2H3,(H6,31,32,33,34,35,37,38,41,42,43);;/p-1. The van der Waals surface area contributed by atoms with E-state index in [1.54, 1.807) is 42.5 Å². The topological polar surface area (TPSA) is 212 Å². The third-order valence-corrected chi connectivity index (χ3v) is 7.39. The molecule has 0 aromatic heterocycles. The Labute approximate surface area is 303 Å². The average Bonchev–Trinajstić information content (AvgIpc) is 3.25. The molecular weight excluding hydrogens is 845 g/mol. The maximum Gasteiger partial charge on any atom is 0.244 e. The van der Waals surface area contributed by atoms with Gasteiger partial charge in [0.05, 0.1) is 17.9 Å². The second-order valence-electron chi connectivity index (χ2n) is 10.4. The maximum atomic E-state index is 13.2. The second kappa shape index (κ2) is 16.8. The van der Waals surface area contributed by atoms with Crippen molar-refractivity contribution in [3.05, 3.63) is 70.5 Å². The van der Waals surface area contributed by atoms with Crippen LogP contribution in [0.25, 0.3) is 5.73 Å². The molecule has 2 aromatic carbocycles. The minimum atomic E-state index is -1.64. The molecule has 1 aliphatic heterocycles. The number of rotatable bonds is 12. The van der Waals surface area contributed by atoms with Gasteiger partial charge in [0.25, 0.3) is 0 Å². The number of carbonyl (C=O) groups is 8. The zero-order valence-corrected chi connectivity index (χ0v) is 30.8. The minimum Gasteiger partial charge on any atom is -0.668 e. The van der Waals surface area contributed by atoms with Crippen molar-refractivity contribution in [3.63, 3.8) is 0 Å². The molecule has 3 atom stereocenters. The Hall–Kier alpha value is -3.61. The van der Waals surface area contributed by atoms with Gasteiger partial charge in [-0.15, -0.1) is 0 Å². The summed E-state index contributed by atoms with van der Waals surface area (Å²) in [4.78, 5) is 101. The van der Waals surface area contributed by atoms with Gasteiger partial charge in [-0.25, -0.2) is 0 Å². The van der Waals surface area contributed by atoms with Gasteiger partial charge in [0.1, 0.15) is 12.1 Å². The van der Waals surface area contributed by atoms with Crippen molar-refractivity contribution >= 4 is 52.7 Å². The van der Waals surface area contributed by atoms with E-state index in [0.717, 1.165) is 0 Å². The first-order valence-corrected chi connectivity index (χ1v) is 13.9. The summed E-state index contributed by atoms with van der Waals surface area (Å²) in [5, 5.41) is 10.3. The molecule has 5 N–H and O–H groups in total. The van der Waals surface area contributed by atoms with Crippen molar-refractivity contribution in [2.45, 2.75) is 38.3 Å². The fourth-order valence-corrected chi connectivity index (χ4v) is 5.21. The quantitative estimate of drug-likeness (QED) is 0.146. The number of hydrogen-bond acceptors (Lipinski definition) is 9. The van der Waals surface area contributed by atoms with Gasteiger partial charge in [-0.2, -0.15) is 0 Å². The third kappa shape index (κ3) is 8.40. The van der Waals surface area contributed by atoms with E-state index in [1.165, 1.54) is 14.0 Å². The first kappa shape index (κ1) is 38.6. The number of imide groups is 1. The van der Waals surface area contributed by atoms with Crippen LogP contribution in [0, 0.1) is 5.92 Å². The van der Waals surface area contributed by atoms with E-state index in [0.29, 0.717) is 21.7 Å². The summed E-state index contributed by atoms with van der Waals surface area (Å²) in [6.07, 6.45) is -1.44. The van der Waals surface area contributed by atoms with E-state index in [2.05, 4.69) is 21.3 Å². The Bertz CT molecular complexity index is 1580. The number of likely N-dealkylation sites (N-methyl/N-ethyl adjacent to an activating group) is 1. The Morgan fingerprint density at radius 2 is 1.52 bits per heavy atom. The van der Waals surface area contributed by atoms with E-state index >= 15 is 0 Å². The monoisotopic (exact) mass is 876 g/mol. The van der Waals surface area contributed by atoms with E-state index in [-0.39, 0.29) is 96.0 Å². The molecule has 2 aliphatic rings. The fourth-order valence-electron chi connectivity index (χ4n) is 5.21. The summed E-state index contributed by atoms with van der Waals surface area (Å²) in [5.41, 5.74) is 8.82. The molecular formula is C30H31N6O8WY-. The number of fused-ring (bicyclic) bond motifs is 2. The SMILES string of the molecule is CNC(=O)C(CC(=O)NCCNc1cccc2c1C(=O)c1ccccc1C2=O)NC(=O)C(CC([NH-])=O)N1C(=O)CC(C)C1=O.[W].[Y]. The van der Waals surface area contributed by atoms with Gasteiger partial charge in [-0.3, -0.25) is 38.5 Å². The molecule has 0 saturated carbocycles. The summed E-state index contributed by atoms with van der Waals surface area (Å²) >= 11 is 0. The van der Waals surface area contributed by atoms with Gasteiger partial charge in [0, 0.05) is 115 Å². The molecule has 2 aromatic rings. The van der Waals surface area contributed by atoms with Crippen LogP contribution in [0.4, 0.5) is 5.69 Å². The van der Waals surface area contributed by atoms with E-state index < -0.39 is 66.3 Å². The number of amides is 6. The Kier molecular flexibility index (Phi) is 14.1. The zero-order chi connectivity index (χ0) is 32.1. The molecule has 0 spiro atoms. The number of nitrogens with one attached hydrogen (secondary N) is 5. The molecule has 46 heavy (non-hydrogen) atoms. The molecule has 1 heterocycles. The van der Waals surface area contributed by atoms with Crippen molar-refractivity contribution in [1.82, 2.24) is 20.9 Å². The molecule has 1 radical (unpaired) electrons. The molecule has 3 unspecified atom stereocenters. The third-order valence-electron chi connectivity index (χ3n) is 7.39. The van der Waals surface area contributed by atoms with E-state index in [1.807, 2.05) is 0 Å². The number of anilines is 1. The number of nitrogens with zero attached hydrogens (tertiary/aromatic N) is 1. The summed E-state index contributed by atoms with van der Waals surface area (Å²) in [5.74, 6) is -6.22. The molecule has 14 nitrogen and oxygen atoms in total. The van der Waals surface area contributed by atoms with Crippen LogP contribution in [-0.2, 0) is 82.5 Å². The fraction of sp³-hybridized carbons (Fsp3) is 0.333. The zero-order valence-electron chi connectivity index (χ0n) is 25.0. The molecule has 0 bridgehead atoms. The van der Waals surface area contributed by atoms with Crippen molar-refractivity contribution in [3.8, 4) is 0 Å². The van der Waals surface area contributed by atoms with E-state index in [4.69, 9.17) is 5.73 Å². The van der Waals surface area contributed by atoms with E-state index in [9.17, 15) is 38.4 Å². The van der Waals surface area contributed by atoms with Gasteiger partial charge in [0.2, 0.25) is 29.5 Å². The van der Waals surface area contributed by atoms with Crippen LogP contribution in [0.2, 0.25) is 0 Å². The van der Waals surface area contributed by atoms with Crippen LogP contribution in [0.3, 0.4) is 0 Å². The van der Waals surface area contributed by atoms with Crippen LogP contribution < -0.4 is 21.3 Å². The molecule has 4 rings (SSSR count). The maximum absolute atomic E-state index is 13.2. The van der Waals surface area contributed by atoms with Gasteiger partial charge in [0.15, 0.2) is 11.6 Å². The smallest absolute Gasteiger partial charge is 0.244 e. The first-order valence-electron chi connectivity index (χ1n) is 13.9. The van der Waals surface area contributed by atoms with Crippen LogP contribution in [-0.4, -0.2) is 84.1 Å². The predicted octanol–water partition coefficient (Wildman–Crippen LogP) is 0.339. The van der Waals surface area contributed by atoms with Crippen molar-refractivity contribution in [2.24, 2.45) is 5.92 Å². The molecule has 239 valence electrons. The summed E-state index contributed by atoms with van der Waals surface area (Å²) < 4.78 is 0. The Morgan fingerprint density at radius 1 is 0.891 bits per heavy atom. The second-order valence-corrected chi connectivity index (χ2v) is 10.4.